The second-order valence-electron chi connectivity index (χ2n) is 5.24. The van der Waals surface area contributed by atoms with Crippen molar-refractivity contribution in [2.24, 2.45) is 0 Å². The molecule has 1 saturated heterocycles. The molecule has 1 aliphatic heterocycles. The maximum absolute atomic E-state index is 12.6. The van der Waals surface area contributed by atoms with Crippen molar-refractivity contribution < 1.29 is 17.9 Å². The van der Waals surface area contributed by atoms with Gasteiger partial charge in [-0.3, -0.25) is 0 Å². The second kappa shape index (κ2) is 9.44. The fourth-order valence-corrected chi connectivity index (χ4v) is 3.86. The minimum atomic E-state index is -3.43. The summed E-state index contributed by atoms with van der Waals surface area (Å²) in [6, 6.07) is 6.73. The summed E-state index contributed by atoms with van der Waals surface area (Å²) in [5.74, 6) is 0.646. The lowest BCUT2D eigenvalue weighted by atomic mass is 10.3. The molecule has 1 N–H and O–H groups in total. The molecule has 1 atom stereocenters. The molecule has 132 valence electrons. The molecule has 1 unspecified atom stereocenters. The van der Waals surface area contributed by atoms with Crippen LogP contribution in [0.1, 0.15) is 13.8 Å². The molecule has 1 aromatic rings. The monoisotopic (exact) mass is 364 g/mol. The highest BCUT2D eigenvalue weighted by Crippen LogP contribution is 2.20. The summed E-state index contributed by atoms with van der Waals surface area (Å²) in [4.78, 5) is 0.304. The van der Waals surface area contributed by atoms with Crippen LogP contribution >= 0.6 is 12.4 Å². The molecule has 0 aliphatic carbocycles. The number of rotatable bonds is 7. The maximum atomic E-state index is 12.6. The van der Waals surface area contributed by atoms with Crippen LogP contribution in [0.15, 0.2) is 29.2 Å². The lowest BCUT2D eigenvalue weighted by molar-refractivity contribution is 0.110. The van der Waals surface area contributed by atoms with E-state index in [0.717, 1.165) is 0 Å². The van der Waals surface area contributed by atoms with Crippen LogP contribution in [0.25, 0.3) is 0 Å². The van der Waals surface area contributed by atoms with Crippen molar-refractivity contribution in [3.05, 3.63) is 24.3 Å². The fraction of sp³-hybridized carbons (Fsp3) is 0.600. The predicted octanol–water partition coefficient (Wildman–Crippen LogP) is 1.51. The normalized spacial score (nSPS) is 19.1. The second-order valence-corrected chi connectivity index (χ2v) is 7.17. The molecule has 1 aromatic carbocycles. The van der Waals surface area contributed by atoms with Gasteiger partial charge >= 0.3 is 0 Å². The summed E-state index contributed by atoms with van der Waals surface area (Å²) in [6.07, 6.45) is 0. The van der Waals surface area contributed by atoms with Gasteiger partial charge in [-0.25, -0.2) is 8.42 Å². The van der Waals surface area contributed by atoms with Crippen LogP contribution in [0.4, 0.5) is 0 Å². The van der Waals surface area contributed by atoms with E-state index in [-0.39, 0.29) is 18.4 Å². The summed E-state index contributed by atoms with van der Waals surface area (Å²) in [5.41, 5.74) is 0. The Bertz CT molecular complexity index is 565. The van der Waals surface area contributed by atoms with Gasteiger partial charge in [-0.1, -0.05) is 0 Å². The van der Waals surface area contributed by atoms with Crippen molar-refractivity contribution in [3.63, 3.8) is 0 Å². The van der Waals surface area contributed by atoms with Crippen LogP contribution in [0.2, 0.25) is 0 Å². The predicted molar refractivity (Wildman–Crippen MR) is 91.9 cm³/mol. The van der Waals surface area contributed by atoms with Crippen molar-refractivity contribution >= 4 is 22.4 Å². The molecule has 1 aliphatic rings. The number of halogens is 1. The molecular weight excluding hydrogens is 340 g/mol. The van der Waals surface area contributed by atoms with Crippen molar-refractivity contribution in [1.82, 2.24) is 9.62 Å². The number of hydrogen-bond acceptors (Lipinski definition) is 5. The zero-order chi connectivity index (χ0) is 16.0. The topological polar surface area (TPSA) is 67.9 Å². The summed E-state index contributed by atoms with van der Waals surface area (Å²) in [7, 11) is -3.43. The third-order valence-electron chi connectivity index (χ3n) is 3.49. The molecule has 0 saturated carbocycles. The van der Waals surface area contributed by atoms with Gasteiger partial charge in [0.1, 0.15) is 12.4 Å². The van der Waals surface area contributed by atoms with Gasteiger partial charge in [0.15, 0.2) is 0 Å². The number of sulfonamides is 1. The Morgan fingerprint density at radius 2 is 1.96 bits per heavy atom. The van der Waals surface area contributed by atoms with E-state index in [9.17, 15) is 8.42 Å². The van der Waals surface area contributed by atoms with E-state index in [1.54, 1.807) is 24.3 Å². The molecular formula is C15H25ClN2O4S. The van der Waals surface area contributed by atoms with E-state index in [4.69, 9.17) is 9.47 Å². The third kappa shape index (κ3) is 5.61. The number of ether oxygens (including phenoxy) is 2. The molecule has 6 nitrogen and oxygen atoms in total. The Labute approximate surface area is 144 Å². The summed E-state index contributed by atoms with van der Waals surface area (Å²) in [5, 5.41) is 3.24. The SMILES string of the molecule is CCOCCOc1ccc(S(=O)(=O)N2CCNC(C)C2)cc1.Cl. The molecule has 0 bridgehead atoms. The molecule has 1 heterocycles. The Morgan fingerprint density at radius 1 is 1.26 bits per heavy atom. The standard InChI is InChI=1S/C15H24N2O4S.ClH/c1-3-20-10-11-21-14-4-6-15(7-5-14)22(18,19)17-9-8-16-13(2)12-17;/h4-7,13,16H,3,8-12H2,1-2H3;1H. The van der Waals surface area contributed by atoms with Gasteiger partial charge in [0, 0.05) is 32.3 Å². The fourth-order valence-electron chi connectivity index (χ4n) is 2.33. The van der Waals surface area contributed by atoms with Crippen LogP contribution in [0, 0.1) is 0 Å². The highest BCUT2D eigenvalue weighted by atomic mass is 35.5. The van der Waals surface area contributed by atoms with Gasteiger partial charge in [-0.05, 0) is 38.1 Å². The number of benzene rings is 1. The average Bonchev–Trinajstić information content (AvgIpc) is 2.52. The molecule has 0 spiro atoms. The summed E-state index contributed by atoms with van der Waals surface area (Å²) in [6.45, 7) is 7.22. The quantitative estimate of drug-likeness (QED) is 0.743. The van der Waals surface area contributed by atoms with Crippen molar-refractivity contribution in [2.45, 2.75) is 24.8 Å². The third-order valence-corrected chi connectivity index (χ3v) is 5.37. The molecule has 23 heavy (non-hydrogen) atoms. The summed E-state index contributed by atoms with van der Waals surface area (Å²) < 4.78 is 37.4. The van der Waals surface area contributed by atoms with Crippen LogP contribution in [0.5, 0.6) is 5.75 Å². The number of hydrogen-bond donors (Lipinski definition) is 1. The Hall–Kier alpha value is -0.860. The first-order valence-electron chi connectivity index (χ1n) is 7.58. The van der Waals surface area contributed by atoms with Gasteiger partial charge in [-0.15, -0.1) is 12.4 Å². The van der Waals surface area contributed by atoms with Gasteiger partial charge in [0.05, 0.1) is 11.5 Å². The van der Waals surface area contributed by atoms with Crippen LogP contribution in [-0.2, 0) is 14.8 Å². The lowest BCUT2D eigenvalue weighted by Gasteiger charge is -2.31. The van der Waals surface area contributed by atoms with E-state index < -0.39 is 10.0 Å². The van der Waals surface area contributed by atoms with Crippen LogP contribution in [-0.4, -0.2) is 58.2 Å². The molecule has 2 rings (SSSR count). The average molecular weight is 365 g/mol. The van der Waals surface area contributed by atoms with Gasteiger partial charge < -0.3 is 14.8 Å². The van der Waals surface area contributed by atoms with Gasteiger partial charge in [-0.2, -0.15) is 4.31 Å². The molecule has 0 aromatic heterocycles. The van der Waals surface area contributed by atoms with E-state index in [0.29, 0.717) is 50.1 Å². The van der Waals surface area contributed by atoms with E-state index >= 15 is 0 Å². The zero-order valence-corrected chi connectivity index (χ0v) is 15.2. The lowest BCUT2D eigenvalue weighted by Crippen LogP contribution is -2.51. The highest BCUT2D eigenvalue weighted by molar-refractivity contribution is 7.89. The van der Waals surface area contributed by atoms with Gasteiger partial charge in [0.25, 0.3) is 0 Å². The first-order chi connectivity index (χ1) is 10.5. The summed E-state index contributed by atoms with van der Waals surface area (Å²) >= 11 is 0. The molecule has 0 amide bonds. The van der Waals surface area contributed by atoms with E-state index in [1.165, 1.54) is 4.31 Å². The minimum absolute atomic E-state index is 0. The van der Waals surface area contributed by atoms with Gasteiger partial charge in [0.2, 0.25) is 10.0 Å². The molecule has 8 heteroatoms. The Balaban J connectivity index is 0.00000264. The van der Waals surface area contributed by atoms with Crippen molar-refractivity contribution in [3.8, 4) is 5.75 Å². The molecule has 0 radical (unpaired) electrons. The number of nitrogens with one attached hydrogen (secondary N) is 1. The largest absolute Gasteiger partial charge is 0.491 e. The zero-order valence-electron chi connectivity index (χ0n) is 13.5. The van der Waals surface area contributed by atoms with Crippen molar-refractivity contribution in [1.29, 1.82) is 0 Å². The number of nitrogens with zero attached hydrogens (tertiary/aromatic N) is 1. The first kappa shape index (κ1) is 20.2. The van der Waals surface area contributed by atoms with E-state index in [1.807, 2.05) is 13.8 Å². The Kier molecular flexibility index (Phi) is 8.28. The first-order valence-corrected chi connectivity index (χ1v) is 9.02. The maximum Gasteiger partial charge on any atom is 0.243 e. The molecule has 1 fully saturated rings. The minimum Gasteiger partial charge on any atom is -0.491 e. The number of piperazine rings is 1. The highest BCUT2D eigenvalue weighted by Gasteiger charge is 2.28. The van der Waals surface area contributed by atoms with Crippen LogP contribution < -0.4 is 10.1 Å². The van der Waals surface area contributed by atoms with Crippen molar-refractivity contribution in [2.75, 3.05) is 39.5 Å². The van der Waals surface area contributed by atoms with E-state index in [2.05, 4.69) is 5.32 Å². The Morgan fingerprint density at radius 3 is 2.57 bits per heavy atom. The smallest absolute Gasteiger partial charge is 0.243 e. The van der Waals surface area contributed by atoms with Crippen LogP contribution in [0.3, 0.4) is 0 Å².